The van der Waals surface area contributed by atoms with Crippen LogP contribution in [0.5, 0.6) is 0 Å². The molecule has 2 N–H and O–H groups in total. The van der Waals surface area contributed by atoms with Crippen molar-refractivity contribution in [2.24, 2.45) is 11.7 Å². The van der Waals surface area contributed by atoms with Crippen molar-refractivity contribution < 1.29 is 0 Å². The maximum atomic E-state index is 7.53. The molecule has 0 saturated carbocycles. The zero-order valence-corrected chi connectivity index (χ0v) is 22.2. The van der Waals surface area contributed by atoms with Gasteiger partial charge in [-0.15, -0.1) is 0 Å². The van der Waals surface area contributed by atoms with E-state index in [-0.39, 0.29) is 11.8 Å². The molecule has 4 aliphatic carbocycles. The molecule has 7 rings (SSSR count). The third-order valence-corrected chi connectivity index (χ3v) is 9.38. The molecule has 0 amide bonds. The molecule has 3 aromatic rings. The van der Waals surface area contributed by atoms with Crippen LogP contribution in [0, 0.1) is 5.92 Å². The summed E-state index contributed by atoms with van der Waals surface area (Å²) < 4.78 is 0. The van der Waals surface area contributed by atoms with E-state index in [0.717, 1.165) is 32.1 Å². The Morgan fingerprint density at radius 3 is 2.55 bits per heavy atom. The molecule has 1 nitrogen and oxygen atoms in total. The Hall–Kier alpha value is -3.68. The maximum absolute atomic E-state index is 7.53. The molecule has 0 bridgehead atoms. The van der Waals surface area contributed by atoms with Gasteiger partial charge in [0.1, 0.15) is 0 Å². The van der Waals surface area contributed by atoms with Crippen LogP contribution in [-0.2, 0) is 6.42 Å². The van der Waals surface area contributed by atoms with E-state index in [9.17, 15) is 0 Å². The average Bonchev–Trinajstić information content (AvgIpc) is 3.59. The Morgan fingerprint density at radius 2 is 1.71 bits per heavy atom. The number of rotatable bonds is 5. The van der Waals surface area contributed by atoms with Gasteiger partial charge < -0.3 is 5.73 Å². The molecular formula is C37H35N. The lowest BCUT2D eigenvalue weighted by Crippen LogP contribution is -2.53. The van der Waals surface area contributed by atoms with Gasteiger partial charge in [-0.1, -0.05) is 116 Å². The smallest absolute Gasteiger partial charge is 0.0539 e. The fraction of sp³-hybridized carbons (Fsp3) is 0.243. The van der Waals surface area contributed by atoms with Crippen molar-refractivity contribution in [3.05, 3.63) is 135 Å². The van der Waals surface area contributed by atoms with Crippen molar-refractivity contribution in [3.8, 4) is 11.1 Å². The van der Waals surface area contributed by atoms with Gasteiger partial charge in [0.15, 0.2) is 0 Å². The van der Waals surface area contributed by atoms with Gasteiger partial charge in [-0.25, -0.2) is 0 Å². The summed E-state index contributed by atoms with van der Waals surface area (Å²) >= 11 is 0. The summed E-state index contributed by atoms with van der Waals surface area (Å²) in [5, 5.41) is 2.63. The first-order valence-corrected chi connectivity index (χ1v) is 14.2. The second-order valence-corrected chi connectivity index (χ2v) is 11.4. The topological polar surface area (TPSA) is 26.0 Å². The van der Waals surface area contributed by atoms with Gasteiger partial charge in [-0.3, -0.25) is 0 Å². The highest BCUT2D eigenvalue weighted by Crippen LogP contribution is 2.44. The van der Waals surface area contributed by atoms with Crippen LogP contribution in [0.3, 0.4) is 0 Å². The molecule has 0 aromatic heterocycles. The van der Waals surface area contributed by atoms with Gasteiger partial charge in [0.25, 0.3) is 0 Å². The number of benzene rings is 3. The second-order valence-electron chi connectivity index (χ2n) is 11.4. The van der Waals surface area contributed by atoms with Crippen LogP contribution in [0.25, 0.3) is 28.9 Å². The van der Waals surface area contributed by atoms with Gasteiger partial charge >= 0.3 is 0 Å². The molecule has 0 radical (unpaired) electrons. The third kappa shape index (κ3) is 3.72. The molecule has 0 spiro atoms. The number of nitrogens with two attached hydrogens (primary N) is 1. The maximum Gasteiger partial charge on any atom is 0.0539 e. The molecule has 3 unspecified atom stereocenters. The zero-order chi connectivity index (χ0) is 25.7. The minimum atomic E-state index is -0.467. The number of hydrogen-bond acceptors (Lipinski definition) is 1. The predicted octanol–water partition coefficient (Wildman–Crippen LogP) is 6.98. The SMILES string of the molecule is CC(c1ccccc1)C(N)(C1=CCCC=C1)C1C=c2ccc(-c3cccc4c3CC3=C4C=CC3)cc2=CC1. The van der Waals surface area contributed by atoms with E-state index in [0.29, 0.717) is 0 Å². The first kappa shape index (κ1) is 23.4. The van der Waals surface area contributed by atoms with Crippen LogP contribution < -0.4 is 16.2 Å². The highest BCUT2D eigenvalue weighted by molar-refractivity contribution is 5.89. The molecule has 0 aliphatic heterocycles. The molecule has 38 heavy (non-hydrogen) atoms. The molecule has 3 aromatic carbocycles. The number of allylic oxidation sites excluding steroid dienone is 6. The normalized spacial score (nSPS) is 21.5. The minimum Gasteiger partial charge on any atom is -0.320 e. The Bertz CT molecular complexity index is 1660. The summed E-state index contributed by atoms with van der Waals surface area (Å²) in [5.74, 6) is 0.425. The van der Waals surface area contributed by atoms with Crippen LogP contribution in [0.4, 0.5) is 0 Å². The summed E-state index contributed by atoms with van der Waals surface area (Å²) in [7, 11) is 0. The van der Waals surface area contributed by atoms with Crippen molar-refractivity contribution in [1.29, 1.82) is 0 Å². The van der Waals surface area contributed by atoms with Gasteiger partial charge in [0.2, 0.25) is 0 Å². The predicted molar refractivity (Wildman–Crippen MR) is 161 cm³/mol. The standard InChI is InChI=1S/C37H35N/c1-25(26-10-4-2-5-11-26)37(38,31-13-6-3-7-14-31)32-21-20-27-22-30(19-18-28(27)23-32)34-16-9-17-35-33-15-8-12-29(33)24-36(34)35/h2,4-6,8-11,13-20,22-23,25,32H,3,7,12,21,24,38H2,1H3. The second kappa shape index (κ2) is 9.26. The van der Waals surface area contributed by atoms with E-state index in [4.69, 9.17) is 5.73 Å². The van der Waals surface area contributed by atoms with Gasteiger partial charge in [-0.2, -0.15) is 0 Å². The van der Waals surface area contributed by atoms with E-state index >= 15 is 0 Å². The molecule has 0 fully saturated rings. The van der Waals surface area contributed by atoms with Gasteiger partial charge in [0, 0.05) is 11.8 Å². The summed E-state index contributed by atoms with van der Waals surface area (Å²) in [6, 6.07) is 24.7. The largest absolute Gasteiger partial charge is 0.320 e. The van der Waals surface area contributed by atoms with E-state index < -0.39 is 5.54 Å². The van der Waals surface area contributed by atoms with Crippen LogP contribution >= 0.6 is 0 Å². The van der Waals surface area contributed by atoms with Crippen LogP contribution in [0.1, 0.15) is 55.2 Å². The summed E-state index contributed by atoms with van der Waals surface area (Å²) in [5.41, 5.74) is 18.3. The highest BCUT2D eigenvalue weighted by Gasteiger charge is 2.42. The number of hydrogen-bond donors (Lipinski definition) is 1. The third-order valence-electron chi connectivity index (χ3n) is 9.38. The van der Waals surface area contributed by atoms with Crippen LogP contribution in [0.2, 0.25) is 0 Å². The number of fused-ring (bicyclic) bond motifs is 3. The zero-order valence-electron chi connectivity index (χ0n) is 22.2. The van der Waals surface area contributed by atoms with Gasteiger partial charge in [0.05, 0.1) is 5.54 Å². The van der Waals surface area contributed by atoms with Crippen molar-refractivity contribution in [2.45, 2.75) is 50.5 Å². The van der Waals surface area contributed by atoms with E-state index in [1.54, 1.807) is 5.57 Å². The molecule has 4 aliphatic rings. The summed E-state index contributed by atoms with van der Waals surface area (Å²) in [6.45, 7) is 2.31. The minimum absolute atomic E-state index is 0.198. The molecule has 3 atom stereocenters. The Balaban J connectivity index is 1.28. The Kier molecular flexibility index (Phi) is 5.71. The fourth-order valence-electron chi connectivity index (χ4n) is 7.19. The van der Waals surface area contributed by atoms with Crippen molar-refractivity contribution in [3.63, 3.8) is 0 Å². The first-order valence-electron chi connectivity index (χ1n) is 14.2. The van der Waals surface area contributed by atoms with Crippen molar-refractivity contribution in [1.82, 2.24) is 0 Å². The lowest BCUT2D eigenvalue weighted by molar-refractivity contribution is 0.343. The van der Waals surface area contributed by atoms with Crippen molar-refractivity contribution >= 4 is 17.7 Å². The highest BCUT2D eigenvalue weighted by atomic mass is 14.8. The van der Waals surface area contributed by atoms with E-state index in [1.165, 1.54) is 49.4 Å². The average molecular weight is 494 g/mol. The Labute approximate surface area is 226 Å². The molecule has 1 heteroatoms. The Morgan fingerprint density at radius 1 is 0.842 bits per heavy atom. The van der Waals surface area contributed by atoms with E-state index in [2.05, 4.69) is 116 Å². The molecular weight excluding hydrogens is 458 g/mol. The lowest BCUT2D eigenvalue weighted by atomic mass is 9.65. The van der Waals surface area contributed by atoms with E-state index in [1.807, 2.05) is 0 Å². The molecule has 188 valence electrons. The van der Waals surface area contributed by atoms with Crippen LogP contribution in [-0.4, -0.2) is 5.54 Å². The van der Waals surface area contributed by atoms with Gasteiger partial charge in [-0.05, 0) is 87.6 Å². The summed E-state index contributed by atoms with van der Waals surface area (Å²) in [4.78, 5) is 0. The quantitative estimate of drug-likeness (QED) is 0.408. The fourth-order valence-corrected chi connectivity index (χ4v) is 7.19. The monoisotopic (exact) mass is 493 g/mol. The summed E-state index contributed by atoms with van der Waals surface area (Å²) in [6.07, 6.45) is 21.8. The first-order chi connectivity index (χ1) is 18.6. The molecule has 0 saturated heterocycles. The molecule has 0 heterocycles. The van der Waals surface area contributed by atoms with Crippen LogP contribution in [0.15, 0.2) is 108 Å². The lowest BCUT2D eigenvalue weighted by Gasteiger charge is -2.43. The van der Waals surface area contributed by atoms with Crippen molar-refractivity contribution in [2.75, 3.05) is 0 Å².